The lowest BCUT2D eigenvalue weighted by atomic mass is 10.2. The molecular weight excluding hydrogens is 228 g/mol. The van der Waals surface area contributed by atoms with Gasteiger partial charge in [0.15, 0.2) is 11.5 Å². The van der Waals surface area contributed by atoms with Crippen LogP contribution in [0.2, 0.25) is 0 Å². The van der Waals surface area contributed by atoms with Gasteiger partial charge in [-0.3, -0.25) is 4.79 Å². The zero-order valence-corrected chi connectivity index (χ0v) is 10.6. The van der Waals surface area contributed by atoms with Gasteiger partial charge in [-0.25, -0.2) is 4.98 Å². The molecule has 1 N–H and O–H groups in total. The molecule has 0 unspecified atom stereocenters. The fourth-order valence-corrected chi connectivity index (χ4v) is 1.81. The Labute approximate surface area is 105 Å². The van der Waals surface area contributed by atoms with Gasteiger partial charge >= 0.3 is 0 Å². The number of fused-ring (bicyclic) bond motifs is 1. The Bertz CT molecular complexity index is 597. The summed E-state index contributed by atoms with van der Waals surface area (Å²) in [6.07, 6.45) is 2.34. The molecule has 4 heteroatoms. The maximum absolute atomic E-state index is 11.6. The topological polar surface area (TPSA) is 55.1 Å². The monoisotopic (exact) mass is 244 g/mol. The van der Waals surface area contributed by atoms with Crippen LogP contribution in [0.5, 0.6) is 0 Å². The molecular formula is C14H16N2O2. The first-order valence-corrected chi connectivity index (χ1v) is 6.35. The van der Waals surface area contributed by atoms with Crippen molar-refractivity contribution in [1.82, 2.24) is 4.98 Å². The first kappa shape index (κ1) is 11.3. The second-order valence-corrected chi connectivity index (χ2v) is 5.15. The number of nitrogens with one attached hydrogen (secondary N) is 1. The molecule has 1 saturated carbocycles. The van der Waals surface area contributed by atoms with Gasteiger partial charge in [0, 0.05) is 17.5 Å². The van der Waals surface area contributed by atoms with Crippen molar-refractivity contribution in [3.05, 3.63) is 24.1 Å². The van der Waals surface area contributed by atoms with E-state index in [4.69, 9.17) is 4.42 Å². The molecule has 0 bridgehead atoms. The van der Waals surface area contributed by atoms with Crippen LogP contribution in [0, 0.1) is 5.92 Å². The highest BCUT2D eigenvalue weighted by Gasteiger charge is 2.28. The van der Waals surface area contributed by atoms with E-state index in [2.05, 4.69) is 10.3 Å². The van der Waals surface area contributed by atoms with E-state index in [1.807, 2.05) is 32.0 Å². The third-order valence-corrected chi connectivity index (χ3v) is 3.12. The summed E-state index contributed by atoms with van der Waals surface area (Å²) in [5, 5.41) is 2.87. The van der Waals surface area contributed by atoms with E-state index in [0.717, 1.165) is 22.7 Å². The van der Waals surface area contributed by atoms with Crippen molar-refractivity contribution in [1.29, 1.82) is 0 Å². The first-order chi connectivity index (χ1) is 8.63. The number of aromatic nitrogens is 1. The highest BCUT2D eigenvalue weighted by Crippen LogP contribution is 2.40. The molecule has 1 aliphatic carbocycles. The van der Waals surface area contributed by atoms with E-state index < -0.39 is 0 Å². The standard InChI is InChI=1S/C14H16N2O2/c1-8(2)13(17)15-10-5-6-12-11(7-10)16-14(18-12)9-3-4-9/h5-9H,3-4H2,1-2H3,(H,15,17). The van der Waals surface area contributed by atoms with E-state index >= 15 is 0 Å². The number of rotatable bonds is 3. The number of nitrogens with zero attached hydrogens (tertiary/aromatic N) is 1. The predicted octanol–water partition coefficient (Wildman–Crippen LogP) is 3.30. The number of hydrogen-bond donors (Lipinski definition) is 1. The zero-order valence-electron chi connectivity index (χ0n) is 10.6. The molecule has 2 aromatic rings. The van der Waals surface area contributed by atoms with E-state index in [-0.39, 0.29) is 11.8 Å². The Morgan fingerprint density at radius 2 is 2.22 bits per heavy atom. The molecule has 18 heavy (non-hydrogen) atoms. The fraction of sp³-hybridized carbons (Fsp3) is 0.429. The van der Waals surface area contributed by atoms with Crippen LogP contribution in [0.25, 0.3) is 11.1 Å². The molecule has 1 aromatic heterocycles. The molecule has 1 heterocycles. The molecule has 1 amide bonds. The van der Waals surface area contributed by atoms with Crippen molar-refractivity contribution in [3.63, 3.8) is 0 Å². The van der Waals surface area contributed by atoms with Crippen LogP contribution in [0.1, 0.15) is 38.5 Å². The third kappa shape index (κ3) is 2.10. The van der Waals surface area contributed by atoms with E-state index in [0.29, 0.717) is 5.92 Å². The molecule has 3 rings (SSSR count). The molecule has 0 spiro atoms. The van der Waals surface area contributed by atoms with Gasteiger partial charge in [0.2, 0.25) is 5.91 Å². The Morgan fingerprint density at radius 1 is 1.44 bits per heavy atom. The summed E-state index contributed by atoms with van der Waals surface area (Å²) in [5.41, 5.74) is 2.38. The summed E-state index contributed by atoms with van der Waals surface area (Å²) < 4.78 is 5.68. The highest BCUT2D eigenvalue weighted by atomic mass is 16.3. The maximum Gasteiger partial charge on any atom is 0.226 e. The van der Waals surface area contributed by atoms with Gasteiger partial charge in [0.1, 0.15) is 5.52 Å². The largest absolute Gasteiger partial charge is 0.440 e. The molecule has 94 valence electrons. The summed E-state index contributed by atoms with van der Waals surface area (Å²) in [7, 11) is 0. The number of carbonyl (C=O) groups is 1. The lowest BCUT2D eigenvalue weighted by Crippen LogP contribution is -2.17. The Balaban J connectivity index is 1.88. The summed E-state index contributed by atoms with van der Waals surface area (Å²) in [4.78, 5) is 16.1. The van der Waals surface area contributed by atoms with Crippen LogP contribution in [-0.2, 0) is 4.79 Å². The van der Waals surface area contributed by atoms with Crippen LogP contribution in [0.3, 0.4) is 0 Å². The van der Waals surface area contributed by atoms with Crippen LogP contribution in [0.15, 0.2) is 22.6 Å². The van der Waals surface area contributed by atoms with Crippen molar-refractivity contribution < 1.29 is 9.21 Å². The quantitative estimate of drug-likeness (QED) is 0.901. The summed E-state index contributed by atoms with van der Waals surface area (Å²) in [6, 6.07) is 5.58. The van der Waals surface area contributed by atoms with Gasteiger partial charge in [-0.15, -0.1) is 0 Å². The zero-order chi connectivity index (χ0) is 12.7. The van der Waals surface area contributed by atoms with Crippen molar-refractivity contribution in [2.75, 3.05) is 5.32 Å². The van der Waals surface area contributed by atoms with Crippen molar-refractivity contribution in [3.8, 4) is 0 Å². The van der Waals surface area contributed by atoms with Gasteiger partial charge in [-0.05, 0) is 31.0 Å². The molecule has 0 saturated heterocycles. The minimum absolute atomic E-state index is 0.0141. The minimum atomic E-state index is -0.0277. The van der Waals surface area contributed by atoms with Crippen molar-refractivity contribution in [2.45, 2.75) is 32.6 Å². The number of amides is 1. The van der Waals surface area contributed by atoms with Gasteiger partial charge in [0.05, 0.1) is 0 Å². The smallest absolute Gasteiger partial charge is 0.226 e. The van der Waals surface area contributed by atoms with Crippen LogP contribution < -0.4 is 5.32 Å². The average molecular weight is 244 g/mol. The molecule has 0 atom stereocenters. The lowest BCUT2D eigenvalue weighted by Gasteiger charge is -2.06. The molecule has 0 radical (unpaired) electrons. The summed E-state index contributed by atoms with van der Waals surface area (Å²) in [6.45, 7) is 3.74. The minimum Gasteiger partial charge on any atom is -0.440 e. The lowest BCUT2D eigenvalue weighted by molar-refractivity contribution is -0.118. The van der Waals surface area contributed by atoms with Crippen LogP contribution in [-0.4, -0.2) is 10.9 Å². The summed E-state index contributed by atoms with van der Waals surface area (Å²) in [5.74, 6) is 1.32. The SMILES string of the molecule is CC(C)C(=O)Nc1ccc2oc(C3CC3)nc2c1. The number of hydrogen-bond acceptors (Lipinski definition) is 3. The number of anilines is 1. The molecule has 0 aliphatic heterocycles. The normalized spacial score (nSPS) is 15.3. The number of carbonyl (C=O) groups excluding carboxylic acids is 1. The van der Waals surface area contributed by atoms with Gasteiger partial charge in [0.25, 0.3) is 0 Å². The highest BCUT2D eigenvalue weighted by molar-refractivity contribution is 5.93. The molecule has 1 aromatic carbocycles. The second kappa shape index (κ2) is 4.12. The van der Waals surface area contributed by atoms with E-state index in [9.17, 15) is 4.79 Å². The third-order valence-electron chi connectivity index (χ3n) is 3.12. The number of benzene rings is 1. The van der Waals surface area contributed by atoms with Gasteiger partial charge in [-0.2, -0.15) is 0 Å². The summed E-state index contributed by atoms with van der Waals surface area (Å²) >= 11 is 0. The van der Waals surface area contributed by atoms with E-state index in [1.54, 1.807) is 0 Å². The van der Waals surface area contributed by atoms with Gasteiger partial charge in [-0.1, -0.05) is 13.8 Å². The number of oxazole rings is 1. The van der Waals surface area contributed by atoms with Crippen LogP contribution >= 0.6 is 0 Å². The maximum atomic E-state index is 11.6. The molecule has 1 fully saturated rings. The second-order valence-electron chi connectivity index (χ2n) is 5.15. The Kier molecular flexibility index (Phi) is 2.58. The molecule has 1 aliphatic rings. The van der Waals surface area contributed by atoms with Crippen LogP contribution in [0.4, 0.5) is 5.69 Å². The van der Waals surface area contributed by atoms with Crippen molar-refractivity contribution >= 4 is 22.7 Å². The average Bonchev–Trinajstić information content (AvgIpc) is 3.09. The fourth-order valence-electron chi connectivity index (χ4n) is 1.81. The van der Waals surface area contributed by atoms with Crippen molar-refractivity contribution in [2.24, 2.45) is 5.92 Å². The van der Waals surface area contributed by atoms with Gasteiger partial charge < -0.3 is 9.73 Å². The van der Waals surface area contributed by atoms with E-state index in [1.165, 1.54) is 12.8 Å². The Morgan fingerprint density at radius 3 is 2.89 bits per heavy atom. The Hall–Kier alpha value is -1.84. The first-order valence-electron chi connectivity index (χ1n) is 6.35. The predicted molar refractivity (Wildman–Crippen MR) is 69.5 cm³/mol. The molecule has 4 nitrogen and oxygen atoms in total.